The van der Waals surface area contributed by atoms with E-state index in [-0.39, 0.29) is 0 Å². The van der Waals surface area contributed by atoms with Crippen LogP contribution in [0.1, 0.15) is 32.8 Å². The van der Waals surface area contributed by atoms with Gasteiger partial charge in [-0.05, 0) is 38.0 Å². The second-order valence-corrected chi connectivity index (χ2v) is 4.64. The second kappa shape index (κ2) is 7.49. The van der Waals surface area contributed by atoms with Crippen LogP contribution in [0.2, 0.25) is 5.02 Å². The standard InChI is InChI=1S/C14H22ClNO2/c1-5-10(3)16-9-11-7-12(15)14(17-4)13(8-11)18-6-2/h7-8,10,16H,5-6,9H2,1-4H3/t10-/m0/s1. The van der Waals surface area contributed by atoms with Crippen LogP contribution in [0.25, 0.3) is 0 Å². The fraction of sp³-hybridized carbons (Fsp3) is 0.571. The van der Waals surface area contributed by atoms with E-state index in [0.717, 1.165) is 18.5 Å². The zero-order valence-corrected chi connectivity index (χ0v) is 12.3. The Balaban J connectivity index is 2.86. The molecule has 0 amide bonds. The molecule has 0 spiro atoms. The van der Waals surface area contributed by atoms with Gasteiger partial charge in [-0.3, -0.25) is 0 Å². The van der Waals surface area contributed by atoms with E-state index < -0.39 is 0 Å². The van der Waals surface area contributed by atoms with Crippen molar-refractivity contribution in [2.75, 3.05) is 13.7 Å². The van der Waals surface area contributed by atoms with Gasteiger partial charge in [-0.1, -0.05) is 18.5 Å². The van der Waals surface area contributed by atoms with Crippen molar-refractivity contribution in [2.24, 2.45) is 0 Å². The molecule has 0 saturated heterocycles. The molecule has 0 saturated carbocycles. The summed E-state index contributed by atoms with van der Waals surface area (Å²) >= 11 is 6.19. The van der Waals surface area contributed by atoms with Gasteiger partial charge in [-0.25, -0.2) is 0 Å². The van der Waals surface area contributed by atoms with Crippen molar-refractivity contribution in [3.63, 3.8) is 0 Å². The van der Waals surface area contributed by atoms with Gasteiger partial charge in [0, 0.05) is 12.6 Å². The van der Waals surface area contributed by atoms with Crippen molar-refractivity contribution in [1.29, 1.82) is 0 Å². The summed E-state index contributed by atoms with van der Waals surface area (Å²) in [6.45, 7) is 7.63. The summed E-state index contributed by atoms with van der Waals surface area (Å²) in [5, 5.41) is 4.01. The topological polar surface area (TPSA) is 30.5 Å². The van der Waals surface area contributed by atoms with Crippen molar-refractivity contribution in [1.82, 2.24) is 5.32 Å². The van der Waals surface area contributed by atoms with Gasteiger partial charge in [0.25, 0.3) is 0 Å². The first kappa shape index (κ1) is 15.1. The number of rotatable bonds is 7. The van der Waals surface area contributed by atoms with Crippen molar-refractivity contribution >= 4 is 11.6 Å². The summed E-state index contributed by atoms with van der Waals surface area (Å²) in [5.74, 6) is 1.30. The third kappa shape index (κ3) is 4.07. The summed E-state index contributed by atoms with van der Waals surface area (Å²) < 4.78 is 10.8. The normalized spacial score (nSPS) is 12.3. The maximum absolute atomic E-state index is 6.19. The first-order valence-corrected chi connectivity index (χ1v) is 6.72. The van der Waals surface area contributed by atoms with Gasteiger partial charge in [-0.15, -0.1) is 0 Å². The number of benzene rings is 1. The Morgan fingerprint density at radius 1 is 1.33 bits per heavy atom. The number of nitrogens with one attached hydrogen (secondary N) is 1. The molecular formula is C14H22ClNO2. The quantitative estimate of drug-likeness (QED) is 0.821. The van der Waals surface area contributed by atoms with Crippen molar-refractivity contribution < 1.29 is 9.47 Å². The third-order valence-electron chi connectivity index (χ3n) is 2.84. The lowest BCUT2D eigenvalue weighted by molar-refractivity contribution is 0.310. The molecule has 18 heavy (non-hydrogen) atoms. The van der Waals surface area contributed by atoms with Gasteiger partial charge in [0.05, 0.1) is 18.7 Å². The highest BCUT2D eigenvalue weighted by atomic mass is 35.5. The van der Waals surface area contributed by atoms with Crippen LogP contribution in [0.15, 0.2) is 12.1 Å². The van der Waals surface area contributed by atoms with Crippen LogP contribution >= 0.6 is 11.6 Å². The molecule has 1 aromatic carbocycles. The van der Waals surface area contributed by atoms with Crippen LogP contribution in [-0.4, -0.2) is 19.8 Å². The Bertz CT molecular complexity index is 382. The number of hydrogen-bond acceptors (Lipinski definition) is 3. The molecule has 1 aromatic rings. The van der Waals surface area contributed by atoms with Gasteiger partial charge >= 0.3 is 0 Å². The molecule has 0 aromatic heterocycles. The first-order valence-electron chi connectivity index (χ1n) is 6.34. The summed E-state index contributed by atoms with van der Waals surface area (Å²) in [5.41, 5.74) is 1.10. The average Bonchev–Trinajstić information content (AvgIpc) is 2.36. The zero-order chi connectivity index (χ0) is 13.5. The van der Waals surface area contributed by atoms with Gasteiger partial charge < -0.3 is 14.8 Å². The first-order chi connectivity index (χ1) is 8.62. The van der Waals surface area contributed by atoms with Crippen LogP contribution in [0.4, 0.5) is 0 Å². The highest BCUT2D eigenvalue weighted by Crippen LogP contribution is 2.36. The fourth-order valence-electron chi connectivity index (χ4n) is 1.62. The maximum atomic E-state index is 6.19. The minimum atomic E-state index is 0.487. The molecule has 1 N–H and O–H groups in total. The predicted molar refractivity (Wildman–Crippen MR) is 75.8 cm³/mol. The minimum Gasteiger partial charge on any atom is -0.491 e. The van der Waals surface area contributed by atoms with E-state index in [4.69, 9.17) is 21.1 Å². The van der Waals surface area contributed by atoms with E-state index in [1.165, 1.54) is 0 Å². The zero-order valence-electron chi connectivity index (χ0n) is 11.5. The van der Waals surface area contributed by atoms with Crippen LogP contribution in [0.5, 0.6) is 11.5 Å². The molecule has 0 unspecified atom stereocenters. The lowest BCUT2D eigenvalue weighted by Gasteiger charge is -2.15. The second-order valence-electron chi connectivity index (χ2n) is 4.23. The predicted octanol–water partition coefficient (Wildman–Crippen LogP) is 3.64. The highest BCUT2D eigenvalue weighted by molar-refractivity contribution is 6.32. The van der Waals surface area contributed by atoms with E-state index in [2.05, 4.69) is 19.2 Å². The van der Waals surface area contributed by atoms with E-state index >= 15 is 0 Å². The highest BCUT2D eigenvalue weighted by Gasteiger charge is 2.11. The molecule has 1 rings (SSSR count). The third-order valence-corrected chi connectivity index (χ3v) is 3.12. The molecule has 1 atom stereocenters. The maximum Gasteiger partial charge on any atom is 0.179 e. The van der Waals surface area contributed by atoms with Crippen LogP contribution < -0.4 is 14.8 Å². The lowest BCUT2D eigenvalue weighted by Crippen LogP contribution is -2.24. The summed E-state index contributed by atoms with van der Waals surface area (Å²) in [7, 11) is 1.60. The Hall–Kier alpha value is -0.930. The molecule has 4 heteroatoms. The largest absolute Gasteiger partial charge is 0.491 e. The summed E-state index contributed by atoms with van der Waals surface area (Å²) in [6, 6.07) is 4.38. The molecule has 0 heterocycles. The molecule has 0 aliphatic heterocycles. The van der Waals surface area contributed by atoms with Gasteiger partial charge in [0.2, 0.25) is 0 Å². The average molecular weight is 272 g/mol. The Kier molecular flexibility index (Phi) is 6.30. The molecule has 3 nitrogen and oxygen atoms in total. The molecule has 0 bridgehead atoms. The van der Waals surface area contributed by atoms with Crippen molar-refractivity contribution in [3.8, 4) is 11.5 Å². The molecule has 0 radical (unpaired) electrons. The van der Waals surface area contributed by atoms with E-state index in [0.29, 0.717) is 29.2 Å². The Labute approximate surface area is 114 Å². The van der Waals surface area contributed by atoms with Gasteiger partial charge in [-0.2, -0.15) is 0 Å². The van der Waals surface area contributed by atoms with Crippen LogP contribution in [-0.2, 0) is 6.54 Å². The fourth-order valence-corrected chi connectivity index (χ4v) is 1.93. The minimum absolute atomic E-state index is 0.487. The Morgan fingerprint density at radius 3 is 2.61 bits per heavy atom. The van der Waals surface area contributed by atoms with E-state index in [1.807, 2.05) is 19.1 Å². The Morgan fingerprint density at radius 2 is 2.06 bits per heavy atom. The number of ether oxygens (including phenoxy) is 2. The van der Waals surface area contributed by atoms with Crippen LogP contribution in [0.3, 0.4) is 0 Å². The molecule has 102 valence electrons. The van der Waals surface area contributed by atoms with Gasteiger partial charge in [0.1, 0.15) is 0 Å². The monoisotopic (exact) mass is 271 g/mol. The molecule has 0 aliphatic rings. The van der Waals surface area contributed by atoms with E-state index in [1.54, 1.807) is 7.11 Å². The summed E-state index contributed by atoms with van der Waals surface area (Å²) in [6.07, 6.45) is 1.10. The molecule has 0 aliphatic carbocycles. The van der Waals surface area contributed by atoms with Crippen molar-refractivity contribution in [3.05, 3.63) is 22.7 Å². The van der Waals surface area contributed by atoms with Crippen LogP contribution in [0, 0.1) is 0 Å². The van der Waals surface area contributed by atoms with Gasteiger partial charge in [0.15, 0.2) is 11.5 Å². The number of halogens is 1. The van der Waals surface area contributed by atoms with E-state index in [9.17, 15) is 0 Å². The number of methoxy groups -OCH3 is 1. The SMILES string of the molecule is CCOc1cc(CN[C@@H](C)CC)cc(Cl)c1OC. The molecular weight excluding hydrogens is 250 g/mol. The smallest absolute Gasteiger partial charge is 0.179 e. The number of hydrogen-bond donors (Lipinski definition) is 1. The molecule has 0 fully saturated rings. The lowest BCUT2D eigenvalue weighted by atomic mass is 10.1. The van der Waals surface area contributed by atoms with Crippen molar-refractivity contribution in [2.45, 2.75) is 39.8 Å². The summed E-state index contributed by atoms with van der Waals surface area (Å²) in [4.78, 5) is 0.